The number of ether oxygens (including phenoxy) is 1. The first-order chi connectivity index (χ1) is 14.7. The Morgan fingerprint density at radius 2 is 1.80 bits per heavy atom. The number of hydrogen-bond donors (Lipinski definition) is 1. The zero-order valence-corrected chi connectivity index (χ0v) is 16.4. The number of aliphatic carboxylic acids is 1. The summed E-state index contributed by atoms with van der Waals surface area (Å²) in [4.78, 5) is 10.9. The summed E-state index contributed by atoms with van der Waals surface area (Å²) >= 11 is 0. The molecule has 0 fully saturated rings. The van der Waals surface area contributed by atoms with E-state index in [2.05, 4.69) is 35.4 Å². The van der Waals surface area contributed by atoms with Crippen molar-refractivity contribution in [1.29, 1.82) is 0 Å². The third-order valence-electron chi connectivity index (χ3n) is 4.86. The Labute approximate surface area is 174 Å². The lowest BCUT2D eigenvalue weighted by Gasteiger charge is -2.11. The van der Waals surface area contributed by atoms with E-state index >= 15 is 0 Å². The van der Waals surface area contributed by atoms with Crippen molar-refractivity contribution in [3.05, 3.63) is 107 Å². The molecule has 0 saturated carbocycles. The van der Waals surface area contributed by atoms with Gasteiger partial charge >= 0.3 is 5.97 Å². The van der Waals surface area contributed by atoms with Crippen LogP contribution in [0, 0.1) is 0 Å². The summed E-state index contributed by atoms with van der Waals surface area (Å²) in [5.74, 6) is -0.973. The standard InChI is InChI=1S/C25H22N2O3/c28-25(29)11-10-22-8-6-19(16-27-13-3-12-26-27)14-24(22)18-30-17-20-7-9-21-4-1-2-5-23(21)15-20/h1-15H,16-18H2,(H,28,29). The molecule has 30 heavy (non-hydrogen) atoms. The smallest absolute Gasteiger partial charge is 0.328 e. The Kier molecular flexibility index (Phi) is 6.01. The van der Waals surface area contributed by atoms with Crippen molar-refractivity contribution < 1.29 is 14.6 Å². The van der Waals surface area contributed by atoms with E-state index in [0.29, 0.717) is 19.8 Å². The second-order valence-electron chi connectivity index (χ2n) is 7.08. The van der Waals surface area contributed by atoms with E-state index in [1.54, 1.807) is 12.3 Å². The monoisotopic (exact) mass is 398 g/mol. The molecule has 4 rings (SSSR count). The van der Waals surface area contributed by atoms with Crippen molar-refractivity contribution in [2.24, 2.45) is 0 Å². The molecule has 1 aromatic heterocycles. The third kappa shape index (κ3) is 5.01. The number of rotatable bonds is 8. The zero-order valence-electron chi connectivity index (χ0n) is 16.4. The molecule has 5 heteroatoms. The Bertz CT molecular complexity index is 1180. The predicted molar refractivity (Wildman–Crippen MR) is 117 cm³/mol. The molecule has 0 amide bonds. The van der Waals surface area contributed by atoms with Crippen molar-refractivity contribution in [2.75, 3.05) is 0 Å². The average Bonchev–Trinajstić information content (AvgIpc) is 3.26. The first-order valence-electron chi connectivity index (χ1n) is 9.73. The fourth-order valence-electron chi connectivity index (χ4n) is 3.39. The molecule has 0 bridgehead atoms. The minimum Gasteiger partial charge on any atom is -0.478 e. The normalized spacial score (nSPS) is 11.3. The molecule has 0 spiro atoms. The van der Waals surface area contributed by atoms with Gasteiger partial charge in [0.1, 0.15) is 0 Å². The lowest BCUT2D eigenvalue weighted by atomic mass is 10.0. The van der Waals surface area contributed by atoms with Crippen LogP contribution in [0.4, 0.5) is 0 Å². The van der Waals surface area contributed by atoms with Crippen LogP contribution in [-0.4, -0.2) is 20.9 Å². The maximum absolute atomic E-state index is 10.9. The van der Waals surface area contributed by atoms with Crippen LogP contribution in [0.5, 0.6) is 0 Å². The topological polar surface area (TPSA) is 64.3 Å². The van der Waals surface area contributed by atoms with E-state index in [1.165, 1.54) is 10.8 Å². The molecule has 5 nitrogen and oxygen atoms in total. The summed E-state index contributed by atoms with van der Waals surface area (Å²) in [5, 5.41) is 15.6. The van der Waals surface area contributed by atoms with E-state index in [-0.39, 0.29) is 0 Å². The van der Waals surface area contributed by atoms with Crippen molar-refractivity contribution in [3.63, 3.8) is 0 Å². The van der Waals surface area contributed by atoms with Crippen molar-refractivity contribution in [1.82, 2.24) is 9.78 Å². The van der Waals surface area contributed by atoms with Gasteiger partial charge in [-0.05, 0) is 51.2 Å². The molecule has 4 aromatic rings. The van der Waals surface area contributed by atoms with Crippen LogP contribution >= 0.6 is 0 Å². The maximum atomic E-state index is 10.9. The highest BCUT2D eigenvalue weighted by atomic mass is 16.5. The summed E-state index contributed by atoms with van der Waals surface area (Å²) in [6.07, 6.45) is 6.41. The molecule has 1 N–H and O–H groups in total. The number of nitrogens with zero attached hydrogens (tertiary/aromatic N) is 2. The van der Waals surface area contributed by atoms with Crippen LogP contribution < -0.4 is 0 Å². The first kappa shape index (κ1) is 19.6. The van der Waals surface area contributed by atoms with Crippen LogP contribution in [0.1, 0.15) is 22.3 Å². The van der Waals surface area contributed by atoms with E-state index in [0.717, 1.165) is 28.3 Å². The zero-order chi connectivity index (χ0) is 20.8. The van der Waals surface area contributed by atoms with E-state index < -0.39 is 5.97 Å². The van der Waals surface area contributed by atoms with Gasteiger partial charge in [0, 0.05) is 18.5 Å². The molecule has 3 aromatic carbocycles. The number of carbonyl (C=O) groups is 1. The molecule has 0 atom stereocenters. The van der Waals surface area contributed by atoms with Gasteiger partial charge in [-0.25, -0.2) is 4.79 Å². The van der Waals surface area contributed by atoms with Crippen molar-refractivity contribution >= 4 is 22.8 Å². The van der Waals surface area contributed by atoms with E-state index in [4.69, 9.17) is 9.84 Å². The number of benzene rings is 3. The fraction of sp³-hybridized carbons (Fsp3) is 0.120. The number of aromatic nitrogens is 2. The van der Waals surface area contributed by atoms with Gasteiger partial charge < -0.3 is 9.84 Å². The minimum absolute atomic E-state index is 0.388. The first-order valence-corrected chi connectivity index (χ1v) is 9.73. The number of carboxylic acid groups (broad SMARTS) is 1. The molecule has 0 unspecified atom stereocenters. The van der Waals surface area contributed by atoms with Gasteiger partial charge in [-0.15, -0.1) is 0 Å². The van der Waals surface area contributed by atoms with Crippen LogP contribution in [0.3, 0.4) is 0 Å². The average molecular weight is 398 g/mol. The highest BCUT2D eigenvalue weighted by Gasteiger charge is 2.05. The second-order valence-corrected chi connectivity index (χ2v) is 7.08. The lowest BCUT2D eigenvalue weighted by Crippen LogP contribution is -2.03. The van der Waals surface area contributed by atoms with Gasteiger partial charge in [0.25, 0.3) is 0 Å². The molecule has 0 radical (unpaired) electrons. The van der Waals surface area contributed by atoms with Crippen molar-refractivity contribution in [2.45, 2.75) is 19.8 Å². The molecule has 1 heterocycles. The maximum Gasteiger partial charge on any atom is 0.328 e. The number of carboxylic acids is 1. The van der Waals surface area contributed by atoms with Gasteiger partial charge in [0.15, 0.2) is 0 Å². The van der Waals surface area contributed by atoms with E-state index in [9.17, 15) is 4.79 Å². The molecule has 0 saturated heterocycles. The van der Waals surface area contributed by atoms with Gasteiger partial charge in [-0.2, -0.15) is 5.10 Å². The van der Waals surface area contributed by atoms with E-state index in [1.807, 2.05) is 47.3 Å². The predicted octanol–water partition coefficient (Wildman–Crippen LogP) is 4.90. The van der Waals surface area contributed by atoms with Gasteiger partial charge in [0.2, 0.25) is 0 Å². The van der Waals surface area contributed by atoms with Crippen molar-refractivity contribution in [3.8, 4) is 0 Å². The molecule has 0 aliphatic carbocycles. The van der Waals surface area contributed by atoms with Gasteiger partial charge in [0.05, 0.1) is 19.8 Å². The van der Waals surface area contributed by atoms with Crippen LogP contribution in [0.15, 0.2) is 85.2 Å². The Balaban J connectivity index is 1.49. The highest BCUT2D eigenvalue weighted by Crippen LogP contribution is 2.19. The lowest BCUT2D eigenvalue weighted by molar-refractivity contribution is -0.131. The summed E-state index contributed by atoms with van der Waals surface area (Å²) in [7, 11) is 0. The van der Waals surface area contributed by atoms with Gasteiger partial charge in [-0.3, -0.25) is 4.68 Å². The van der Waals surface area contributed by atoms with Crippen LogP contribution in [0.25, 0.3) is 16.8 Å². The Morgan fingerprint density at radius 1 is 0.967 bits per heavy atom. The fourth-order valence-corrected chi connectivity index (χ4v) is 3.39. The molecular formula is C25H22N2O3. The molecule has 0 aliphatic rings. The van der Waals surface area contributed by atoms with Crippen LogP contribution in [-0.2, 0) is 29.3 Å². The number of fused-ring (bicyclic) bond motifs is 1. The van der Waals surface area contributed by atoms with Crippen LogP contribution in [0.2, 0.25) is 0 Å². The highest BCUT2D eigenvalue weighted by molar-refractivity contribution is 5.85. The second kappa shape index (κ2) is 9.20. The summed E-state index contributed by atoms with van der Waals surface area (Å²) < 4.78 is 7.84. The molecular weight excluding hydrogens is 376 g/mol. The largest absolute Gasteiger partial charge is 0.478 e. The Hall–Kier alpha value is -3.70. The quantitative estimate of drug-likeness (QED) is 0.429. The summed E-state index contributed by atoms with van der Waals surface area (Å²) in [5.41, 5.74) is 3.96. The SMILES string of the molecule is O=C(O)C=Cc1ccc(Cn2cccn2)cc1COCc1ccc2ccccc2c1. The number of hydrogen-bond acceptors (Lipinski definition) is 3. The minimum atomic E-state index is -0.973. The van der Waals surface area contributed by atoms with Gasteiger partial charge in [-0.1, -0.05) is 54.6 Å². The molecule has 0 aliphatic heterocycles. The third-order valence-corrected chi connectivity index (χ3v) is 4.86. The molecule has 150 valence electrons. The summed E-state index contributed by atoms with van der Waals surface area (Å²) in [6.45, 7) is 1.52. The Morgan fingerprint density at radius 3 is 2.60 bits per heavy atom. The summed E-state index contributed by atoms with van der Waals surface area (Å²) in [6, 6.07) is 22.4.